The van der Waals surface area contributed by atoms with Crippen molar-refractivity contribution < 1.29 is 0 Å². The zero-order chi connectivity index (χ0) is 12.2. The third kappa shape index (κ3) is 9.06. The molecule has 0 atom stereocenters. The van der Waals surface area contributed by atoms with Gasteiger partial charge in [-0.2, -0.15) is 0 Å². The quantitative estimate of drug-likeness (QED) is 0.279. The van der Waals surface area contributed by atoms with E-state index in [9.17, 15) is 0 Å². The SMILES string of the molecule is CCCCCCCCCCCC[P]C1CCC1. The van der Waals surface area contributed by atoms with Crippen LogP contribution < -0.4 is 0 Å². The Hall–Kier alpha value is 0.430. The number of rotatable bonds is 12. The predicted molar refractivity (Wildman–Crippen MR) is 81.3 cm³/mol. The maximum atomic E-state index is 2.29. The predicted octanol–water partition coefficient (Wildman–Crippen LogP) is 6.41. The molecule has 1 saturated carbocycles. The number of unbranched alkanes of at least 4 members (excludes halogenated alkanes) is 9. The average molecular weight is 255 g/mol. The molecule has 0 aliphatic heterocycles. The van der Waals surface area contributed by atoms with Crippen molar-refractivity contribution in [2.45, 2.75) is 96.1 Å². The van der Waals surface area contributed by atoms with Gasteiger partial charge in [-0.05, 0) is 31.1 Å². The molecular formula is C16H32P. The van der Waals surface area contributed by atoms with Crippen molar-refractivity contribution in [1.29, 1.82) is 0 Å². The Balaban J connectivity index is 1.64. The Morgan fingerprint density at radius 3 is 1.76 bits per heavy atom. The van der Waals surface area contributed by atoms with Gasteiger partial charge < -0.3 is 0 Å². The van der Waals surface area contributed by atoms with Crippen LogP contribution in [0.4, 0.5) is 0 Å². The first-order chi connectivity index (χ1) is 8.43. The molecule has 0 heterocycles. The van der Waals surface area contributed by atoms with E-state index in [4.69, 9.17) is 0 Å². The lowest BCUT2D eigenvalue weighted by molar-refractivity contribution is 0.516. The number of hydrogen-bond acceptors (Lipinski definition) is 0. The lowest BCUT2D eigenvalue weighted by Crippen LogP contribution is -2.11. The maximum absolute atomic E-state index is 2.29. The molecule has 0 N–H and O–H groups in total. The molecule has 0 aromatic rings. The van der Waals surface area contributed by atoms with Crippen LogP contribution in [0.5, 0.6) is 0 Å². The molecule has 1 aliphatic rings. The second-order valence-electron chi connectivity index (χ2n) is 5.67. The fourth-order valence-electron chi connectivity index (χ4n) is 2.44. The van der Waals surface area contributed by atoms with Crippen LogP contribution in [0.25, 0.3) is 0 Å². The van der Waals surface area contributed by atoms with Gasteiger partial charge in [0.25, 0.3) is 0 Å². The highest BCUT2D eigenvalue weighted by Crippen LogP contribution is 2.36. The third-order valence-electron chi connectivity index (χ3n) is 3.97. The molecule has 0 nitrogen and oxygen atoms in total. The molecule has 0 bridgehead atoms. The second-order valence-corrected chi connectivity index (χ2v) is 7.22. The molecule has 1 heteroatoms. The minimum absolute atomic E-state index is 1.11. The van der Waals surface area contributed by atoms with Crippen LogP contribution in [0.2, 0.25) is 0 Å². The molecule has 1 fully saturated rings. The minimum Gasteiger partial charge on any atom is -0.0775 e. The van der Waals surface area contributed by atoms with Gasteiger partial charge in [0.15, 0.2) is 0 Å². The average Bonchev–Trinajstić information content (AvgIpc) is 2.28. The van der Waals surface area contributed by atoms with Crippen molar-refractivity contribution in [1.82, 2.24) is 0 Å². The van der Waals surface area contributed by atoms with Gasteiger partial charge in [0.2, 0.25) is 0 Å². The molecule has 1 aliphatic carbocycles. The summed E-state index contributed by atoms with van der Waals surface area (Å²) in [6.07, 6.45) is 20.8. The zero-order valence-corrected chi connectivity index (χ0v) is 12.8. The molecule has 0 amide bonds. The van der Waals surface area contributed by atoms with E-state index in [1.54, 1.807) is 8.58 Å². The van der Waals surface area contributed by atoms with Crippen LogP contribution in [0.15, 0.2) is 0 Å². The molecule has 0 aromatic heterocycles. The molecule has 0 unspecified atom stereocenters. The van der Waals surface area contributed by atoms with E-state index >= 15 is 0 Å². The van der Waals surface area contributed by atoms with Gasteiger partial charge in [-0.3, -0.25) is 0 Å². The maximum Gasteiger partial charge on any atom is -0.0170 e. The normalized spacial score (nSPS) is 16.8. The fourth-order valence-corrected chi connectivity index (χ4v) is 3.94. The molecule has 101 valence electrons. The lowest BCUT2D eigenvalue weighted by atomic mass is 10.00. The molecule has 17 heavy (non-hydrogen) atoms. The summed E-state index contributed by atoms with van der Waals surface area (Å²) in [5.41, 5.74) is 1.11. The summed E-state index contributed by atoms with van der Waals surface area (Å²) in [7, 11) is 1.77. The van der Waals surface area contributed by atoms with Crippen LogP contribution in [-0.4, -0.2) is 11.8 Å². The first-order valence-corrected chi connectivity index (χ1v) is 9.25. The summed E-state index contributed by atoms with van der Waals surface area (Å²) in [5.74, 6) is 0. The lowest BCUT2D eigenvalue weighted by Gasteiger charge is -2.24. The first kappa shape index (κ1) is 15.5. The summed E-state index contributed by atoms with van der Waals surface area (Å²) in [6, 6.07) is 0. The van der Waals surface area contributed by atoms with Crippen molar-refractivity contribution in [3.8, 4) is 0 Å². The summed E-state index contributed by atoms with van der Waals surface area (Å²) in [5, 5.41) is 0. The molecule has 1 rings (SSSR count). The van der Waals surface area contributed by atoms with E-state index < -0.39 is 0 Å². The standard InChI is InChI=1S/C16H32P/c1-2-3-4-5-6-7-8-9-10-11-15-17-16-13-12-14-16/h16H,2-15H2,1H3. The highest BCUT2D eigenvalue weighted by Gasteiger charge is 2.16. The Labute approximate surface area is 111 Å². The Bertz CT molecular complexity index is 152. The van der Waals surface area contributed by atoms with Crippen molar-refractivity contribution in [3.05, 3.63) is 0 Å². The van der Waals surface area contributed by atoms with E-state index in [-0.39, 0.29) is 0 Å². The molecule has 0 aromatic carbocycles. The van der Waals surface area contributed by atoms with Crippen LogP contribution in [-0.2, 0) is 0 Å². The topological polar surface area (TPSA) is 0 Å². The van der Waals surface area contributed by atoms with Gasteiger partial charge in [-0.25, -0.2) is 0 Å². The molecule has 1 radical (unpaired) electrons. The summed E-state index contributed by atoms with van der Waals surface area (Å²) >= 11 is 0. The first-order valence-electron chi connectivity index (χ1n) is 8.10. The monoisotopic (exact) mass is 255 g/mol. The molecular weight excluding hydrogens is 223 g/mol. The zero-order valence-electron chi connectivity index (χ0n) is 11.9. The van der Waals surface area contributed by atoms with Crippen molar-refractivity contribution in [2.24, 2.45) is 0 Å². The van der Waals surface area contributed by atoms with Crippen molar-refractivity contribution in [2.75, 3.05) is 6.16 Å². The van der Waals surface area contributed by atoms with Crippen molar-refractivity contribution in [3.63, 3.8) is 0 Å². The Morgan fingerprint density at radius 2 is 1.29 bits per heavy atom. The van der Waals surface area contributed by atoms with Crippen LogP contribution >= 0.6 is 8.58 Å². The van der Waals surface area contributed by atoms with Crippen LogP contribution in [0, 0.1) is 0 Å². The summed E-state index contributed by atoms with van der Waals surface area (Å²) < 4.78 is 0. The van der Waals surface area contributed by atoms with Crippen LogP contribution in [0.3, 0.4) is 0 Å². The molecule has 0 saturated heterocycles. The van der Waals surface area contributed by atoms with Gasteiger partial charge in [0.1, 0.15) is 0 Å². The highest BCUT2D eigenvalue weighted by atomic mass is 31.1. The van der Waals surface area contributed by atoms with Gasteiger partial charge in [-0.1, -0.05) is 79.7 Å². The number of hydrogen-bond donors (Lipinski definition) is 0. The van der Waals surface area contributed by atoms with Gasteiger partial charge in [0.05, 0.1) is 0 Å². The van der Waals surface area contributed by atoms with Gasteiger partial charge >= 0.3 is 0 Å². The second kappa shape index (κ2) is 11.5. The largest absolute Gasteiger partial charge is 0.0775 e. The Morgan fingerprint density at radius 1 is 0.765 bits per heavy atom. The third-order valence-corrected chi connectivity index (χ3v) is 5.58. The smallest absolute Gasteiger partial charge is 0.0170 e. The Kier molecular flexibility index (Phi) is 10.5. The van der Waals surface area contributed by atoms with Crippen LogP contribution in [0.1, 0.15) is 90.4 Å². The summed E-state index contributed by atoms with van der Waals surface area (Å²) in [6.45, 7) is 2.29. The fraction of sp³-hybridized carbons (Fsp3) is 1.00. The minimum atomic E-state index is 1.11. The molecule has 0 spiro atoms. The van der Waals surface area contributed by atoms with Crippen molar-refractivity contribution >= 4 is 8.58 Å². The van der Waals surface area contributed by atoms with E-state index in [1.165, 1.54) is 89.6 Å². The van der Waals surface area contributed by atoms with E-state index in [2.05, 4.69) is 6.92 Å². The van der Waals surface area contributed by atoms with Gasteiger partial charge in [0, 0.05) is 0 Å². The van der Waals surface area contributed by atoms with Gasteiger partial charge in [-0.15, -0.1) is 0 Å². The van der Waals surface area contributed by atoms with E-state index in [0.717, 1.165) is 5.66 Å². The highest BCUT2D eigenvalue weighted by molar-refractivity contribution is 7.38. The van der Waals surface area contributed by atoms with E-state index in [1.807, 2.05) is 0 Å². The van der Waals surface area contributed by atoms with E-state index in [0.29, 0.717) is 0 Å². The summed E-state index contributed by atoms with van der Waals surface area (Å²) in [4.78, 5) is 0.